The lowest BCUT2D eigenvalue weighted by molar-refractivity contribution is -0.141. The smallest absolute Gasteiger partial charge is 0.303 e. The SMILES string of the molecule is CC(=O)N1CCC(C)C(CC(=O)O)C1. The zero-order chi connectivity index (χ0) is 10.7. The van der Waals surface area contributed by atoms with Gasteiger partial charge in [0.05, 0.1) is 6.42 Å². The number of likely N-dealkylation sites (tertiary alicyclic amines) is 1. The minimum atomic E-state index is -0.771. The van der Waals surface area contributed by atoms with Gasteiger partial charge in [0.1, 0.15) is 0 Å². The lowest BCUT2D eigenvalue weighted by atomic mass is 9.85. The second-order valence-corrected chi connectivity index (χ2v) is 4.09. The van der Waals surface area contributed by atoms with Crippen molar-refractivity contribution >= 4 is 11.9 Å². The Morgan fingerprint density at radius 2 is 2.14 bits per heavy atom. The fourth-order valence-corrected chi connectivity index (χ4v) is 1.93. The second-order valence-electron chi connectivity index (χ2n) is 4.09. The van der Waals surface area contributed by atoms with Gasteiger partial charge in [0.25, 0.3) is 0 Å². The first-order valence-corrected chi connectivity index (χ1v) is 4.98. The number of carbonyl (C=O) groups is 2. The van der Waals surface area contributed by atoms with Gasteiger partial charge in [-0.15, -0.1) is 0 Å². The molecule has 0 spiro atoms. The van der Waals surface area contributed by atoms with Gasteiger partial charge >= 0.3 is 5.97 Å². The number of carboxylic acids is 1. The molecule has 14 heavy (non-hydrogen) atoms. The zero-order valence-electron chi connectivity index (χ0n) is 8.69. The monoisotopic (exact) mass is 199 g/mol. The number of piperidine rings is 1. The number of amides is 1. The Balaban J connectivity index is 2.55. The minimum absolute atomic E-state index is 0.0484. The van der Waals surface area contributed by atoms with Gasteiger partial charge in [-0.2, -0.15) is 0 Å². The molecule has 4 heteroatoms. The van der Waals surface area contributed by atoms with E-state index in [1.165, 1.54) is 6.92 Å². The topological polar surface area (TPSA) is 57.6 Å². The number of aliphatic carboxylic acids is 1. The molecule has 1 rings (SSSR count). The van der Waals surface area contributed by atoms with Crippen molar-refractivity contribution in [2.75, 3.05) is 13.1 Å². The largest absolute Gasteiger partial charge is 0.481 e. The molecule has 1 N–H and O–H groups in total. The molecule has 0 radical (unpaired) electrons. The van der Waals surface area contributed by atoms with Crippen LogP contribution in [-0.4, -0.2) is 35.0 Å². The van der Waals surface area contributed by atoms with Crippen molar-refractivity contribution in [1.82, 2.24) is 4.90 Å². The number of rotatable bonds is 2. The van der Waals surface area contributed by atoms with Crippen LogP contribution >= 0.6 is 0 Å². The second kappa shape index (κ2) is 4.44. The summed E-state index contributed by atoms with van der Waals surface area (Å²) in [4.78, 5) is 23.4. The van der Waals surface area contributed by atoms with E-state index in [1.807, 2.05) is 0 Å². The average Bonchev–Trinajstić information content (AvgIpc) is 2.07. The first-order chi connectivity index (χ1) is 6.50. The van der Waals surface area contributed by atoms with Crippen LogP contribution in [0.15, 0.2) is 0 Å². The molecular formula is C10H17NO3. The number of hydrogen-bond acceptors (Lipinski definition) is 2. The highest BCUT2D eigenvalue weighted by atomic mass is 16.4. The summed E-state index contributed by atoms with van der Waals surface area (Å²) in [6, 6.07) is 0. The maximum atomic E-state index is 11.1. The Morgan fingerprint density at radius 1 is 1.50 bits per heavy atom. The predicted octanol–water partition coefficient (Wildman–Crippen LogP) is 0.966. The molecule has 0 aromatic rings. The lowest BCUT2D eigenvalue weighted by Gasteiger charge is -2.35. The maximum Gasteiger partial charge on any atom is 0.303 e. The average molecular weight is 199 g/mol. The van der Waals surface area contributed by atoms with Gasteiger partial charge in [0.15, 0.2) is 0 Å². The fourth-order valence-electron chi connectivity index (χ4n) is 1.93. The summed E-state index contributed by atoms with van der Waals surface area (Å²) in [6.07, 6.45) is 1.09. The normalized spacial score (nSPS) is 27.4. The third kappa shape index (κ3) is 2.72. The first-order valence-electron chi connectivity index (χ1n) is 4.98. The van der Waals surface area contributed by atoms with E-state index < -0.39 is 5.97 Å². The third-order valence-corrected chi connectivity index (χ3v) is 3.00. The van der Waals surface area contributed by atoms with Gasteiger partial charge in [-0.25, -0.2) is 0 Å². The molecule has 2 atom stereocenters. The standard InChI is InChI=1S/C10H17NO3/c1-7-3-4-11(8(2)12)6-9(7)5-10(13)14/h7,9H,3-6H2,1-2H3,(H,13,14). The molecule has 2 unspecified atom stereocenters. The first kappa shape index (κ1) is 11.0. The summed E-state index contributed by atoms with van der Waals surface area (Å²) in [5, 5.41) is 8.70. The van der Waals surface area contributed by atoms with Crippen LogP contribution in [0, 0.1) is 11.8 Å². The number of hydrogen-bond donors (Lipinski definition) is 1. The molecule has 0 aliphatic carbocycles. The molecule has 0 aromatic heterocycles. The zero-order valence-corrected chi connectivity index (χ0v) is 8.69. The predicted molar refractivity (Wildman–Crippen MR) is 51.8 cm³/mol. The van der Waals surface area contributed by atoms with E-state index in [4.69, 9.17) is 5.11 Å². The van der Waals surface area contributed by atoms with Crippen molar-refractivity contribution in [1.29, 1.82) is 0 Å². The van der Waals surface area contributed by atoms with Gasteiger partial charge in [0, 0.05) is 20.0 Å². The molecular weight excluding hydrogens is 182 g/mol. The third-order valence-electron chi connectivity index (χ3n) is 3.00. The Hall–Kier alpha value is -1.06. The minimum Gasteiger partial charge on any atom is -0.481 e. The van der Waals surface area contributed by atoms with Crippen LogP contribution in [0.4, 0.5) is 0 Å². The Bertz CT molecular complexity index is 240. The molecule has 0 bridgehead atoms. The summed E-state index contributed by atoms with van der Waals surface area (Å²) < 4.78 is 0. The van der Waals surface area contributed by atoms with Crippen LogP contribution in [-0.2, 0) is 9.59 Å². The molecule has 1 aliphatic rings. The molecule has 1 aliphatic heterocycles. The summed E-state index contributed by atoms with van der Waals surface area (Å²) in [5.41, 5.74) is 0. The van der Waals surface area contributed by atoms with Crippen molar-refractivity contribution in [3.8, 4) is 0 Å². The van der Waals surface area contributed by atoms with E-state index >= 15 is 0 Å². The van der Waals surface area contributed by atoms with E-state index in [9.17, 15) is 9.59 Å². The van der Waals surface area contributed by atoms with Gasteiger partial charge in [0.2, 0.25) is 5.91 Å². The highest BCUT2D eigenvalue weighted by Crippen LogP contribution is 2.25. The maximum absolute atomic E-state index is 11.1. The Labute approximate surface area is 83.9 Å². The van der Waals surface area contributed by atoms with E-state index in [0.29, 0.717) is 12.5 Å². The molecule has 1 saturated heterocycles. The quantitative estimate of drug-likeness (QED) is 0.720. The van der Waals surface area contributed by atoms with Gasteiger partial charge in [-0.05, 0) is 18.3 Å². The lowest BCUT2D eigenvalue weighted by Crippen LogP contribution is -2.42. The van der Waals surface area contributed by atoms with Crippen LogP contribution in [0.1, 0.15) is 26.7 Å². The van der Waals surface area contributed by atoms with E-state index in [0.717, 1.165) is 13.0 Å². The van der Waals surface area contributed by atoms with E-state index in [-0.39, 0.29) is 18.2 Å². The van der Waals surface area contributed by atoms with Crippen molar-refractivity contribution in [3.05, 3.63) is 0 Å². The number of carboxylic acid groups (broad SMARTS) is 1. The Kier molecular flexibility index (Phi) is 3.49. The summed E-state index contributed by atoms with van der Waals surface area (Å²) in [6.45, 7) is 4.97. The summed E-state index contributed by atoms with van der Waals surface area (Å²) >= 11 is 0. The molecule has 1 heterocycles. The van der Waals surface area contributed by atoms with Gasteiger partial charge in [-0.3, -0.25) is 9.59 Å². The molecule has 80 valence electrons. The van der Waals surface area contributed by atoms with Crippen LogP contribution < -0.4 is 0 Å². The van der Waals surface area contributed by atoms with E-state index in [2.05, 4.69) is 6.92 Å². The van der Waals surface area contributed by atoms with Gasteiger partial charge < -0.3 is 10.0 Å². The molecule has 1 fully saturated rings. The number of nitrogens with zero attached hydrogens (tertiary/aromatic N) is 1. The summed E-state index contributed by atoms with van der Waals surface area (Å²) in [5.74, 6) is -0.202. The van der Waals surface area contributed by atoms with Crippen molar-refractivity contribution in [2.45, 2.75) is 26.7 Å². The molecule has 0 saturated carbocycles. The fraction of sp³-hybridized carbons (Fsp3) is 0.800. The van der Waals surface area contributed by atoms with Crippen LogP contribution in [0.2, 0.25) is 0 Å². The van der Waals surface area contributed by atoms with Crippen molar-refractivity contribution < 1.29 is 14.7 Å². The van der Waals surface area contributed by atoms with Crippen LogP contribution in [0.5, 0.6) is 0 Å². The highest BCUT2D eigenvalue weighted by Gasteiger charge is 2.28. The highest BCUT2D eigenvalue weighted by molar-refractivity contribution is 5.73. The van der Waals surface area contributed by atoms with Crippen LogP contribution in [0.3, 0.4) is 0 Å². The van der Waals surface area contributed by atoms with E-state index in [1.54, 1.807) is 4.90 Å². The van der Waals surface area contributed by atoms with Crippen molar-refractivity contribution in [2.24, 2.45) is 11.8 Å². The van der Waals surface area contributed by atoms with Crippen LogP contribution in [0.25, 0.3) is 0 Å². The molecule has 4 nitrogen and oxygen atoms in total. The number of carbonyl (C=O) groups excluding carboxylic acids is 1. The summed E-state index contributed by atoms with van der Waals surface area (Å²) in [7, 11) is 0. The van der Waals surface area contributed by atoms with Crippen molar-refractivity contribution in [3.63, 3.8) is 0 Å². The van der Waals surface area contributed by atoms with Gasteiger partial charge in [-0.1, -0.05) is 6.92 Å². The molecule has 0 aromatic carbocycles. The molecule has 1 amide bonds. The Morgan fingerprint density at radius 3 is 2.64 bits per heavy atom.